The van der Waals surface area contributed by atoms with Crippen LogP contribution in [0.3, 0.4) is 0 Å². The molecular weight excluding hydrogens is 306 g/mol. The van der Waals surface area contributed by atoms with Crippen LogP contribution < -0.4 is 5.32 Å². The molecule has 1 aromatic heterocycles. The molecule has 2 heterocycles. The molecular formula is C15H22ClN3OS. The van der Waals surface area contributed by atoms with Crippen LogP contribution in [0.15, 0.2) is 24.8 Å². The van der Waals surface area contributed by atoms with Crippen molar-refractivity contribution in [2.45, 2.75) is 19.5 Å². The zero-order valence-corrected chi connectivity index (χ0v) is 13.9. The number of thiophene rings is 1. The van der Waals surface area contributed by atoms with E-state index in [0.717, 1.165) is 37.1 Å². The number of piperazine rings is 1. The van der Waals surface area contributed by atoms with Crippen LogP contribution in [0.5, 0.6) is 0 Å². The molecule has 1 amide bonds. The minimum atomic E-state index is -0.0803. The number of rotatable bonds is 6. The SMILES string of the molecule is C=CCNC(=O)C(C)N1CCN(Cc2ccc(Cl)s2)CC1. The van der Waals surface area contributed by atoms with E-state index in [9.17, 15) is 4.79 Å². The lowest BCUT2D eigenvalue weighted by atomic mass is 10.2. The largest absolute Gasteiger partial charge is 0.351 e. The molecule has 2 rings (SSSR count). The van der Waals surface area contributed by atoms with Crippen molar-refractivity contribution in [3.63, 3.8) is 0 Å². The van der Waals surface area contributed by atoms with E-state index in [1.807, 2.05) is 13.0 Å². The first-order chi connectivity index (χ1) is 10.1. The number of nitrogens with one attached hydrogen (secondary N) is 1. The van der Waals surface area contributed by atoms with Crippen LogP contribution in [0, 0.1) is 0 Å². The topological polar surface area (TPSA) is 35.6 Å². The first-order valence-electron chi connectivity index (χ1n) is 7.19. The highest BCUT2D eigenvalue weighted by atomic mass is 35.5. The van der Waals surface area contributed by atoms with Crippen molar-refractivity contribution < 1.29 is 4.79 Å². The Hall–Kier alpha value is -0.880. The molecule has 1 saturated heterocycles. The Balaban J connectivity index is 1.77. The molecule has 0 bridgehead atoms. The van der Waals surface area contributed by atoms with E-state index < -0.39 is 0 Å². The first-order valence-corrected chi connectivity index (χ1v) is 8.39. The number of nitrogens with zero attached hydrogens (tertiary/aromatic N) is 2. The van der Waals surface area contributed by atoms with Crippen LogP contribution in [0.1, 0.15) is 11.8 Å². The molecule has 0 aliphatic carbocycles. The van der Waals surface area contributed by atoms with E-state index in [2.05, 4.69) is 27.8 Å². The van der Waals surface area contributed by atoms with Gasteiger partial charge < -0.3 is 5.32 Å². The van der Waals surface area contributed by atoms with Crippen LogP contribution in [-0.4, -0.2) is 54.5 Å². The summed E-state index contributed by atoms with van der Waals surface area (Å²) in [5.41, 5.74) is 0. The highest BCUT2D eigenvalue weighted by Crippen LogP contribution is 2.23. The maximum absolute atomic E-state index is 11.9. The van der Waals surface area contributed by atoms with Gasteiger partial charge in [0, 0.05) is 44.1 Å². The molecule has 1 N–H and O–H groups in total. The van der Waals surface area contributed by atoms with Crippen molar-refractivity contribution in [2.75, 3.05) is 32.7 Å². The van der Waals surface area contributed by atoms with E-state index in [-0.39, 0.29) is 11.9 Å². The predicted octanol–water partition coefficient (Wildman–Crippen LogP) is 2.21. The van der Waals surface area contributed by atoms with E-state index in [1.165, 1.54) is 4.88 Å². The monoisotopic (exact) mass is 327 g/mol. The second-order valence-electron chi connectivity index (χ2n) is 5.23. The normalized spacial score (nSPS) is 18.4. The van der Waals surface area contributed by atoms with Crippen LogP contribution in [0.2, 0.25) is 4.34 Å². The lowest BCUT2D eigenvalue weighted by Crippen LogP contribution is -2.53. The highest BCUT2D eigenvalue weighted by molar-refractivity contribution is 7.16. The molecule has 1 aliphatic rings. The zero-order valence-electron chi connectivity index (χ0n) is 12.3. The van der Waals surface area contributed by atoms with Gasteiger partial charge in [0.15, 0.2) is 0 Å². The van der Waals surface area contributed by atoms with Crippen LogP contribution in [0.25, 0.3) is 0 Å². The summed E-state index contributed by atoms with van der Waals surface area (Å²) in [6.45, 7) is 10.9. The third-order valence-electron chi connectivity index (χ3n) is 3.76. The Labute approximate surface area is 135 Å². The molecule has 0 radical (unpaired) electrons. The van der Waals surface area contributed by atoms with Gasteiger partial charge in [0.05, 0.1) is 10.4 Å². The average Bonchev–Trinajstić information content (AvgIpc) is 2.90. The molecule has 1 unspecified atom stereocenters. The Morgan fingerprint density at radius 2 is 2.19 bits per heavy atom. The number of carbonyl (C=O) groups is 1. The van der Waals surface area contributed by atoms with Gasteiger partial charge in [-0.05, 0) is 19.1 Å². The minimum absolute atomic E-state index is 0.0772. The zero-order chi connectivity index (χ0) is 15.2. The lowest BCUT2D eigenvalue weighted by molar-refractivity contribution is -0.126. The fourth-order valence-electron chi connectivity index (χ4n) is 2.45. The smallest absolute Gasteiger partial charge is 0.237 e. The minimum Gasteiger partial charge on any atom is -0.351 e. The average molecular weight is 328 g/mol. The number of hydrogen-bond donors (Lipinski definition) is 1. The number of hydrogen-bond acceptors (Lipinski definition) is 4. The fraction of sp³-hybridized carbons (Fsp3) is 0.533. The van der Waals surface area contributed by atoms with Crippen molar-refractivity contribution >= 4 is 28.8 Å². The van der Waals surface area contributed by atoms with Gasteiger partial charge in [-0.2, -0.15) is 0 Å². The summed E-state index contributed by atoms with van der Waals surface area (Å²) < 4.78 is 0.844. The summed E-state index contributed by atoms with van der Waals surface area (Å²) in [7, 11) is 0. The van der Waals surface area contributed by atoms with Gasteiger partial charge >= 0.3 is 0 Å². The number of carbonyl (C=O) groups excluding carboxylic acids is 1. The van der Waals surface area contributed by atoms with E-state index in [1.54, 1.807) is 17.4 Å². The molecule has 116 valence electrons. The summed E-state index contributed by atoms with van der Waals surface area (Å²) >= 11 is 7.60. The Morgan fingerprint density at radius 1 is 1.48 bits per heavy atom. The molecule has 4 nitrogen and oxygen atoms in total. The predicted molar refractivity (Wildman–Crippen MR) is 88.8 cm³/mol. The van der Waals surface area contributed by atoms with Crippen LogP contribution >= 0.6 is 22.9 Å². The first kappa shape index (κ1) is 16.5. The van der Waals surface area contributed by atoms with Crippen molar-refractivity contribution in [1.82, 2.24) is 15.1 Å². The number of halogens is 1. The molecule has 0 aromatic carbocycles. The fourth-order valence-corrected chi connectivity index (χ4v) is 3.58. The van der Waals surface area contributed by atoms with Crippen molar-refractivity contribution in [3.8, 4) is 0 Å². The van der Waals surface area contributed by atoms with Gasteiger partial charge in [-0.15, -0.1) is 17.9 Å². The van der Waals surface area contributed by atoms with E-state index in [0.29, 0.717) is 6.54 Å². The van der Waals surface area contributed by atoms with Crippen LogP contribution in [0.4, 0.5) is 0 Å². The summed E-state index contributed by atoms with van der Waals surface area (Å²) in [5, 5.41) is 2.86. The summed E-state index contributed by atoms with van der Waals surface area (Å²) in [4.78, 5) is 17.9. The van der Waals surface area contributed by atoms with Gasteiger partial charge in [-0.3, -0.25) is 14.6 Å². The Bertz CT molecular complexity index is 483. The maximum atomic E-state index is 11.9. The Kier molecular flexibility index (Phi) is 6.23. The third kappa shape index (κ3) is 4.81. The quantitative estimate of drug-likeness (QED) is 0.814. The van der Waals surface area contributed by atoms with Crippen molar-refractivity contribution in [3.05, 3.63) is 34.0 Å². The molecule has 0 spiro atoms. The van der Waals surface area contributed by atoms with E-state index in [4.69, 9.17) is 11.6 Å². The molecule has 1 aliphatic heterocycles. The Morgan fingerprint density at radius 3 is 2.76 bits per heavy atom. The lowest BCUT2D eigenvalue weighted by Gasteiger charge is -2.37. The molecule has 21 heavy (non-hydrogen) atoms. The maximum Gasteiger partial charge on any atom is 0.237 e. The van der Waals surface area contributed by atoms with Gasteiger partial charge in [0.1, 0.15) is 0 Å². The summed E-state index contributed by atoms with van der Waals surface area (Å²) in [6, 6.07) is 3.96. The summed E-state index contributed by atoms with van der Waals surface area (Å²) in [5.74, 6) is 0.0772. The molecule has 1 atom stereocenters. The summed E-state index contributed by atoms with van der Waals surface area (Å²) in [6.07, 6.45) is 1.70. The van der Waals surface area contributed by atoms with Crippen LogP contribution in [-0.2, 0) is 11.3 Å². The second-order valence-corrected chi connectivity index (χ2v) is 7.03. The van der Waals surface area contributed by atoms with Gasteiger partial charge in [-0.1, -0.05) is 17.7 Å². The van der Waals surface area contributed by atoms with Gasteiger partial charge in [0.25, 0.3) is 0 Å². The molecule has 1 aromatic rings. The third-order valence-corrected chi connectivity index (χ3v) is 4.98. The molecule has 6 heteroatoms. The molecule has 1 fully saturated rings. The standard InChI is InChI=1S/C15H22ClN3OS/c1-3-6-17-15(20)12(2)19-9-7-18(8-10-19)11-13-4-5-14(16)21-13/h3-5,12H,1,6-11H2,2H3,(H,17,20). The number of amides is 1. The van der Waals surface area contributed by atoms with Gasteiger partial charge in [0.2, 0.25) is 5.91 Å². The van der Waals surface area contributed by atoms with Gasteiger partial charge in [-0.25, -0.2) is 0 Å². The highest BCUT2D eigenvalue weighted by Gasteiger charge is 2.25. The second kappa shape index (κ2) is 7.94. The molecule has 0 saturated carbocycles. The van der Waals surface area contributed by atoms with E-state index >= 15 is 0 Å². The van der Waals surface area contributed by atoms with Crippen molar-refractivity contribution in [1.29, 1.82) is 0 Å². The van der Waals surface area contributed by atoms with Crippen molar-refractivity contribution in [2.24, 2.45) is 0 Å².